The molecule has 2 N–H and O–H groups in total. The van der Waals surface area contributed by atoms with E-state index in [2.05, 4.69) is 39.5 Å². The summed E-state index contributed by atoms with van der Waals surface area (Å²) in [6.07, 6.45) is 3.99. The molecule has 2 heterocycles. The van der Waals surface area contributed by atoms with Crippen LogP contribution >= 0.6 is 0 Å². The first kappa shape index (κ1) is 21.1. The van der Waals surface area contributed by atoms with Crippen LogP contribution in [-0.4, -0.2) is 35.7 Å². The molecule has 5 nitrogen and oxygen atoms in total. The third-order valence-corrected chi connectivity index (χ3v) is 6.03. The number of anilines is 2. The van der Waals surface area contributed by atoms with E-state index < -0.39 is 0 Å². The summed E-state index contributed by atoms with van der Waals surface area (Å²) in [6.45, 7) is 1.91. The lowest BCUT2D eigenvalue weighted by Crippen LogP contribution is -2.36. The minimum atomic E-state index is -0.0304. The van der Waals surface area contributed by atoms with Gasteiger partial charge in [-0.25, -0.2) is 4.98 Å². The molecule has 1 aliphatic heterocycles. The number of aliphatic hydroxyl groups is 1. The summed E-state index contributed by atoms with van der Waals surface area (Å²) in [5.74, 6) is 1.12. The smallest absolute Gasteiger partial charge is 0.225 e. The van der Waals surface area contributed by atoms with Crippen LogP contribution in [0.4, 0.5) is 11.5 Å². The molecule has 1 fully saturated rings. The van der Waals surface area contributed by atoms with Crippen molar-refractivity contribution in [1.82, 2.24) is 4.98 Å². The average Bonchev–Trinajstić information content (AvgIpc) is 2.84. The van der Waals surface area contributed by atoms with Crippen molar-refractivity contribution in [3.63, 3.8) is 0 Å². The van der Waals surface area contributed by atoms with Crippen LogP contribution in [-0.2, 0) is 4.79 Å². The van der Waals surface area contributed by atoms with Crippen LogP contribution in [0, 0.1) is 5.92 Å². The van der Waals surface area contributed by atoms with Crippen LogP contribution in [0.25, 0.3) is 0 Å². The Balaban J connectivity index is 1.50. The van der Waals surface area contributed by atoms with Crippen LogP contribution in [0.1, 0.15) is 36.3 Å². The number of nitrogens with one attached hydrogen (secondary N) is 1. The normalized spacial score (nSPS) is 14.6. The second-order valence-corrected chi connectivity index (χ2v) is 8.11. The number of hydrogen-bond donors (Lipinski definition) is 2. The van der Waals surface area contributed by atoms with Gasteiger partial charge in [0.25, 0.3) is 0 Å². The fourth-order valence-electron chi connectivity index (χ4n) is 4.26. The molecule has 0 aliphatic carbocycles. The number of aliphatic hydroxyl groups excluding tert-OH is 1. The molecule has 31 heavy (non-hydrogen) atoms. The van der Waals surface area contributed by atoms with Crippen molar-refractivity contribution in [3.8, 4) is 0 Å². The van der Waals surface area contributed by atoms with Crippen molar-refractivity contribution >= 4 is 17.4 Å². The van der Waals surface area contributed by atoms with Gasteiger partial charge in [-0.1, -0.05) is 60.7 Å². The third kappa shape index (κ3) is 5.30. The molecule has 0 unspecified atom stereocenters. The van der Waals surface area contributed by atoms with Crippen molar-refractivity contribution in [2.75, 3.05) is 29.9 Å². The monoisotopic (exact) mass is 415 g/mol. The SMILES string of the molecule is O=C(CC(c1ccccc1)c1ccccc1)Nc1cccnc1N1CCC(CO)CC1. The maximum Gasteiger partial charge on any atom is 0.225 e. The zero-order valence-corrected chi connectivity index (χ0v) is 17.7. The lowest BCUT2D eigenvalue weighted by molar-refractivity contribution is -0.116. The second-order valence-electron chi connectivity index (χ2n) is 8.11. The molecule has 160 valence electrons. The fraction of sp³-hybridized carbons (Fsp3) is 0.308. The Labute approximate surface area is 183 Å². The number of aromatic nitrogens is 1. The molecule has 0 bridgehead atoms. The molecule has 0 spiro atoms. The Hall–Kier alpha value is -3.18. The molecule has 0 saturated carbocycles. The molecule has 0 atom stereocenters. The van der Waals surface area contributed by atoms with Gasteiger partial charge in [-0.15, -0.1) is 0 Å². The maximum absolute atomic E-state index is 13.1. The first-order chi connectivity index (χ1) is 15.2. The molecule has 1 aromatic heterocycles. The molecule has 5 heteroatoms. The maximum atomic E-state index is 13.1. The van der Waals surface area contributed by atoms with E-state index >= 15 is 0 Å². The first-order valence-electron chi connectivity index (χ1n) is 10.9. The number of rotatable bonds is 7. The number of nitrogens with zero attached hydrogens (tertiary/aromatic N) is 2. The number of carbonyl (C=O) groups is 1. The van der Waals surface area contributed by atoms with Crippen LogP contribution < -0.4 is 10.2 Å². The molecular weight excluding hydrogens is 386 g/mol. The van der Waals surface area contributed by atoms with Crippen molar-refractivity contribution in [1.29, 1.82) is 0 Å². The van der Waals surface area contributed by atoms with E-state index in [4.69, 9.17) is 0 Å². The Kier molecular flexibility index (Phi) is 6.95. The standard InChI is InChI=1S/C26H29N3O2/c30-19-20-13-16-29(17-14-20)26-24(12-7-15-27-26)28-25(31)18-23(21-8-3-1-4-9-21)22-10-5-2-6-11-22/h1-12,15,20,23,30H,13-14,16-19H2,(H,28,31). The van der Waals surface area contributed by atoms with Crippen molar-refractivity contribution in [2.24, 2.45) is 5.92 Å². The Morgan fingerprint density at radius 3 is 2.16 bits per heavy atom. The van der Waals surface area contributed by atoms with Gasteiger partial charge in [0.1, 0.15) is 0 Å². The Morgan fingerprint density at radius 2 is 1.58 bits per heavy atom. The largest absolute Gasteiger partial charge is 0.396 e. The minimum Gasteiger partial charge on any atom is -0.396 e. The topological polar surface area (TPSA) is 65.5 Å². The predicted molar refractivity (Wildman–Crippen MR) is 124 cm³/mol. The van der Waals surface area contributed by atoms with E-state index in [1.807, 2.05) is 48.5 Å². The van der Waals surface area contributed by atoms with Gasteiger partial charge in [-0.3, -0.25) is 4.79 Å². The van der Waals surface area contributed by atoms with Gasteiger partial charge in [0.2, 0.25) is 5.91 Å². The molecule has 2 aromatic carbocycles. The van der Waals surface area contributed by atoms with Gasteiger partial charge in [0, 0.05) is 38.2 Å². The Bertz CT molecular complexity index is 931. The van der Waals surface area contributed by atoms with Gasteiger partial charge >= 0.3 is 0 Å². The first-order valence-corrected chi connectivity index (χ1v) is 10.9. The third-order valence-electron chi connectivity index (χ3n) is 6.03. The minimum absolute atomic E-state index is 0.0113. The Morgan fingerprint density at radius 1 is 0.968 bits per heavy atom. The highest BCUT2D eigenvalue weighted by Gasteiger charge is 2.23. The second kappa shape index (κ2) is 10.2. The van der Waals surface area contributed by atoms with Gasteiger partial charge in [-0.05, 0) is 42.0 Å². The summed E-state index contributed by atoms with van der Waals surface area (Å²) in [6, 6.07) is 24.1. The summed E-state index contributed by atoms with van der Waals surface area (Å²) in [4.78, 5) is 19.9. The summed E-state index contributed by atoms with van der Waals surface area (Å²) in [5.41, 5.74) is 3.00. The summed E-state index contributed by atoms with van der Waals surface area (Å²) < 4.78 is 0. The number of benzene rings is 2. The van der Waals surface area contributed by atoms with Gasteiger partial charge in [0.15, 0.2) is 5.82 Å². The summed E-state index contributed by atoms with van der Waals surface area (Å²) in [7, 11) is 0. The number of carbonyl (C=O) groups excluding carboxylic acids is 1. The van der Waals surface area contributed by atoms with Crippen LogP contribution in [0.15, 0.2) is 79.0 Å². The predicted octanol–water partition coefficient (Wildman–Crippen LogP) is 4.45. The quantitative estimate of drug-likeness (QED) is 0.598. The van der Waals surface area contributed by atoms with Gasteiger partial charge < -0.3 is 15.3 Å². The molecular formula is C26H29N3O2. The highest BCUT2D eigenvalue weighted by molar-refractivity contribution is 5.94. The van der Waals surface area contributed by atoms with Gasteiger partial charge in [0.05, 0.1) is 5.69 Å². The van der Waals surface area contributed by atoms with Crippen molar-refractivity contribution in [3.05, 3.63) is 90.1 Å². The van der Waals surface area contributed by atoms with Crippen molar-refractivity contribution in [2.45, 2.75) is 25.2 Å². The number of hydrogen-bond acceptors (Lipinski definition) is 4. The number of amides is 1. The number of pyridine rings is 1. The van der Waals surface area contributed by atoms with E-state index in [0.29, 0.717) is 12.3 Å². The van der Waals surface area contributed by atoms with Gasteiger partial charge in [-0.2, -0.15) is 0 Å². The van der Waals surface area contributed by atoms with Crippen LogP contribution in [0.3, 0.4) is 0 Å². The molecule has 3 aromatic rings. The lowest BCUT2D eigenvalue weighted by atomic mass is 9.88. The molecule has 1 amide bonds. The van der Waals surface area contributed by atoms with Crippen LogP contribution in [0.5, 0.6) is 0 Å². The van der Waals surface area contributed by atoms with E-state index in [-0.39, 0.29) is 18.4 Å². The highest BCUT2D eigenvalue weighted by atomic mass is 16.3. The van der Waals surface area contributed by atoms with E-state index in [1.165, 1.54) is 0 Å². The lowest BCUT2D eigenvalue weighted by Gasteiger charge is -2.33. The number of piperidine rings is 1. The van der Waals surface area contributed by atoms with Crippen LogP contribution in [0.2, 0.25) is 0 Å². The summed E-state index contributed by atoms with van der Waals surface area (Å²) in [5, 5.41) is 12.5. The summed E-state index contributed by atoms with van der Waals surface area (Å²) >= 11 is 0. The molecule has 4 rings (SSSR count). The zero-order chi connectivity index (χ0) is 21.5. The average molecular weight is 416 g/mol. The zero-order valence-electron chi connectivity index (χ0n) is 17.7. The molecule has 1 aliphatic rings. The van der Waals surface area contributed by atoms with E-state index in [9.17, 15) is 9.90 Å². The van der Waals surface area contributed by atoms with E-state index in [1.54, 1.807) is 6.20 Å². The fourth-order valence-corrected chi connectivity index (χ4v) is 4.26. The van der Waals surface area contributed by atoms with Crippen molar-refractivity contribution < 1.29 is 9.90 Å². The molecule has 0 radical (unpaired) electrons. The highest BCUT2D eigenvalue weighted by Crippen LogP contribution is 2.31. The molecule has 1 saturated heterocycles. The van der Waals surface area contributed by atoms with E-state index in [0.717, 1.165) is 48.6 Å².